The van der Waals surface area contributed by atoms with E-state index in [2.05, 4.69) is 20.3 Å². The van der Waals surface area contributed by atoms with Crippen LogP contribution in [0, 0.1) is 0 Å². The third-order valence-corrected chi connectivity index (χ3v) is 2.34. The molecule has 0 aromatic carbocycles. The van der Waals surface area contributed by atoms with Gasteiger partial charge in [-0.05, 0) is 20.8 Å². The van der Waals surface area contributed by atoms with Gasteiger partial charge in [0.2, 0.25) is 0 Å². The zero-order valence-corrected chi connectivity index (χ0v) is 10.5. The third kappa shape index (κ3) is 2.36. The highest BCUT2D eigenvalue weighted by Crippen LogP contribution is 2.23. The normalized spacial score (nSPS) is 11.8. The molecule has 1 N–H and O–H groups in total. The van der Waals surface area contributed by atoms with E-state index in [1.165, 1.54) is 17.2 Å². The van der Waals surface area contributed by atoms with Crippen LogP contribution in [0.2, 0.25) is 5.15 Å². The fourth-order valence-electron chi connectivity index (χ4n) is 1.30. The van der Waals surface area contributed by atoms with Crippen LogP contribution in [0.5, 0.6) is 0 Å². The minimum Gasteiger partial charge on any atom is -0.333 e. The Bertz CT molecular complexity index is 530. The number of hydrogen-bond donors (Lipinski definition) is 1. The summed E-state index contributed by atoms with van der Waals surface area (Å²) in [7, 11) is 0. The number of fused-ring (bicyclic) bond motifs is 1. The lowest BCUT2D eigenvalue weighted by atomic mass is 10.1. The second-order valence-corrected chi connectivity index (χ2v) is 4.99. The highest BCUT2D eigenvalue weighted by molar-refractivity contribution is 6.32. The van der Waals surface area contributed by atoms with Crippen molar-refractivity contribution < 1.29 is 4.79 Å². The quantitative estimate of drug-likeness (QED) is 0.727. The number of hydrogen-bond acceptors (Lipinski definition) is 4. The van der Waals surface area contributed by atoms with Crippen LogP contribution < -0.4 is 5.32 Å². The first kappa shape index (κ1) is 11.8. The molecule has 0 spiro atoms. The van der Waals surface area contributed by atoms with E-state index < -0.39 is 0 Å². The number of amides is 1. The second kappa shape index (κ2) is 3.96. The highest BCUT2D eigenvalue weighted by Gasteiger charge is 2.21. The van der Waals surface area contributed by atoms with Crippen molar-refractivity contribution in [3.63, 3.8) is 0 Å². The first-order valence-corrected chi connectivity index (χ1v) is 5.42. The lowest BCUT2D eigenvalue weighted by molar-refractivity contribution is 0.233. The van der Waals surface area contributed by atoms with Crippen molar-refractivity contribution in [3.05, 3.63) is 17.8 Å². The van der Waals surface area contributed by atoms with Crippen molar-refractivity contribution in [2.45, 2.75) is 26.3 Å². The molecule has 0 saturated carbocycles. The van der Waals surface area contributed by atoms with Gasteiger partial charge in [0.15, 0.2) is 5.82 Å². The van der Waals surface area contributed by atoms with Gasteiger partial charge in [0.25, 0.3) is 0 Å². The SMILES string of the molecule is CC(C)(C)NC(=O)n1cnc2ncnc-2c1Cl. The van der Waals surface area contributed by atoms with E-state index in [4.69, 9.17) is 11.6 Å². The maximum atomic E-state index is 11.9. The molecule has 1 amide bonds. The van der Waals surface area contributed by atoms with E-state index in [0.717, 1.165) is 0 Å². The van der Waals surface area contributed by atoms with E-state index in [1.54, 1.807) is 0 Å². The maximum Gasteiger partial charge on any atom is 0.328 e. The molecule has 0 aliphatic carbocycles. The average Bonchev–Trinajstić information content (AvgIpc) is 2.63. The Morgan fingerprint density at radius 3 is 2.71 bits per heavy atom. The van der Waals surface area contributed by atoms with Gasteiger partial charge in [-0.1, -0.05) is 11.6 Å². The number of halogens is 1. The largest absolute Gasteiger partial charge is 0.333 e. The number of imidazole rings is 1. The molecule has 2 rings (SSSR count). The highest BCUT2D eigenvalue weighted by atomic mass is 35.5. The molecule has 2 aliphatic heterocycles. The number of rotatable bonds is 0. The molecule has 17 heavy (non-hydrogen) atoms. The molecular weight excluding hydrogens is 242 g/mol. The van der Waals surface area contributed by atoms with Gasteiger partial charge in [-0.25, -0.2) is 24.3 Å². The van der Waals surface area contributed by atoms with Crippen LogP contribution in [0.25, 0.3) is 11.5 Å². The zero-order chi connectivity index (χ0) is 12.6. The summed E-state index contributed by atoms with van der Waals surface area (Å²) in [4.78, 5) is 23.8. The smallest absolute Gasteiger partial charge is 0.328 e. The van der Waals surface area contributed by atoms with Crippen LogP contribution in [0.1, 0.15) is 20.8 Å². The van der Waals surface area contributed by atoms with Crippen LogP contribution >= 0.6 is 11.6 Å². The average molecular weight is 254 g/mol. The molecule has 90 valence electrons. The summed E-state index contributed by atoms with van der Waals surface area (Å²) in [5.74, 6) is 0.426. The van der Waals surface area contributed by atoms with Crippen LogP contribution in [-0.2, 0) is 0 Å². The van der Waals surface area contributed by atoms with Crippen LogP contribution in [0.4, 0.5) is 4.79 Å². The molecular formula is C10H12ClN5O. The van der Waals surface area contributed by atoms with E-state index in [-0.39, 0.29) is 16.7 Å². The van der Waals surface area contributed by atoms with Gasteiger partial charge in [-0.2, -0.15) is 0 Å². The molecule has 2 aliphatic rings. The standard InChI is InChI=1S/C10H12ClN5O/c1-10(2,3)15-9(17)16-5-14-8-6(7(16)11)12-4-13-8/h4-5H,1-3H3,(H,15,17). The lowest BCUT2D eigenvalue weighted by Crippen LogP contribution is -2.43. The van der Waals surface area contributed by atoms with Gasteiger partial charge >= 0.3 is 6.03 Å². The van der Waals surface area contributed by atoms with Crippen LogP contribution in [0.15, 0.2) is 12.7 Å². The van der Waals surface area contributed by atoms with Crippen LogP contribution in [-0.4, -0.2) is 31.1 Å². The topological polar surface area (TPSA) is 72.7 Å². The Morgan fingerprint density at radius 1 is 1.35 bits per heavy atom. The number of carbonyl (C=O) groups is 1. The molecule has 0 fully saturated rings. The molecule has 0 radical (unpaired) electrons. The second-order valence-electron chi connectivity index (χ2n) is 4.63. The summed E-state index contributed by atoms with van der Waals surface area (Å²) in [5.41, 5.74) is 0.0679. The van der Waals surface area contributed by atoms with Gasteiger partial charge in [0.1, 0.15) is 23.5 Å². The summed E-state index contributed by atoms with van der Waals surface area (Å²) in [6.45, 7) is 5.65. The molecule has 7 heteroatoms. The predicted octanol–water partition coefficient (Wildman–Crippen LogP) is 1.79. The molecule has 0 bridgehead atoms. The molecule has 0 atom stereocenters. The van der Waals surface area contributed by atoms with E-state index in [9.17, 15) is 4.79 Å². The summed E-state index contributed by atoms with van der Waals surface area (Å²) in [5, 5.41) is 2.99. The Morgan fingerprint density at radius 2 is 2.06 bits per heavy atom. The third-order valence-electron chi connectivity index (χ3n) is 1.98. The van der Waals surface area contributed by atoms with E-state index in [1.807, 2.05) is 20.8 Å². The molecule has 0 aromatic heterocycles. The number of carbonyl (C=O) groups excluding carboxylic acids is 1. The Balaban J connectivity index is 2.40. The molecule has 0 unspecified atom stereocenters. The van der Waals surface area contributed by atoms with E-state index >= 15 is 0 Å². The minimum absolute atomic E-state index is 0.203. The van der Waals surface area contributed by atoms with Crippen molar-refractivity contribution in [2.24, 2.45) is 0 Å². The number of aromatic nitrogens is 4. The van der Waals surface area contributed by atoms with Crippen molar-refractivity contribution in [3.8, 4) is 11.5 Å². The zero-order valence-electron chi connectivity index (χ0n) is 9.73. The summed E-state index contributed by atoms with van der Waals surface area (Å²) >= 11 is 6.07. The minimum atomic E-state index is -0.347. The first-order valence-electron chi connectivity index (χ1n) is 5.04. The summed E-state index contributed by atoms with van der Waals surface area (Å²) < 4.78 is 1.21. The predicted molar refractivity (Wildman–Crippen MR) is 63.1 cm³/mol. The van der Waals surface area contributed by atoms with Crippen molar-refractivity contribution in [1.29, 1.82) is 0 Å². The van der Waals surface area contributed by atoms with Crippen molar-refractivity contribution >= 4 is 17.6 Å². The van der Waals surface area contributed by atoms with Gasteiger partial charge < -0.3 is 5.32 Å². The van der Waals surface area contributed by atoms with Gasteiger partial charge in [-0.3, -0.25) is 0 Å². The molecule has 0 aromatic rings. The molecule has 0 saturated heterocycles. The Labute approximate surface area is 103 Å². The first-order chi connectivity index (χ1) is 7.88. The van der Waals surface area contributed by atoms with Gasteiger partial charge in [0, 0.05) is 5.54 Å². The fraction of sp³-hybridized carbons (Fsp3) is 0.400. The molecule has 2 heterocycles. The number of nitrogens with one attached hydrogen (secondary N) is 1. The van der Waals surface area contributed by atoms with Crippen molar-refractivity contribution in [2.75, 3.05) is 0 Å². The van der Waals surface area contributed by atoms with Gasteiger partial charge in [-0.15, -0.1) is 0 Å². The van der Waals surface area contributed by atoms with Gasteiger partial charge in [0.05, 0.1) is 0 Å². The lowest BCUT2D eigenvalue weighted by Gasteiger charge is -2.21. The Kier molecular flexibility index (Phi) is 2.74. The van der Waals surface area contributed by atoms with Crippen LogP contribution in [0.3, 0.4) is 0 Å². The van der Waals surface area contributed by atoms with Crippen molar-refractivity contribution in [1.82, 2.24) is 24.8 Å². The fourth-order valence-corrected chi connectivity index (χ4v) is 1.55. The maximum absolute atomic E-state index is 11.9. The summed E-state index contributed by atoms with van der Waals surface area (Å²) in [6, 6.07) is -0.347. The summed E-state index contributed by atoms with van der Waals surface area (Å²) in [6.07, 6.45) is 2.69. The van der Waals surface area contributed by atoms with E-state index in [0.29, 0.717) is 11.5 Å². The number of nitrogens with zero attached hydrogens (tertiary/aromatic N) is 4. The monoisotopic (exact) mass is 253 g/mol. The molecule has 6 nitrogen and oxygen atoms in total. The Hall–Kier alpha value is -1.69.